The smallest absolute Gasteiger partial charge is 0.416 e. The zero-order chi connectivity index (χ0) is 22.6. The summed E-state index contributed by atoms with van der Waals surface area (Å²) in [5.41, 5.74) is 0.255. The van der Waals surface area contributed by atoms with Crippen molar-refractivity contribution in [2.45, 2.75) is 6.18 Å². The van der Waals surface area contributed by atoms with E-state index in [0.29, 0.717) is 21.5 Å². The van der Waals surface area contributed by atoms with E-state index in [1.165, 1.54) is 43.5 Å². The quantitative estimate of drug-likeness (QED) is 0.460. The Labute approximate surface area is 184 Å². The van der Waals surface area contributed by atoms with Crippen molar-refractivity contribution in [2.75, 3.05) is 17.7 Å². The zero-order valence-electron chi connectivity index (χ0n) is 16.1. The first-order chi connectivity index (χ1) is 14.7. The molecule has 0 aliphatic carbocycles. The highest BCUT2D eigenvalue weighted by atomic mass is 79.9. The summed E-state index contributed by atoms with van der Waals surface area (Å²) in [6.45, 7) is 0. The van der Waals surface area contributed by atoms with Crippen LogP contribution in [-0.2, 0) is 6.18 Å². The van der Waals surface area contributed by atoms with E-state index < -0.39 is 17.6 Å². The lowest BCUT2D eigenvalue weighted by Gasteiger charge is -2.11. The van der Waals surface area contributed by atoms with Gasteiger partial charge < -0.3 is 15.4 Å². The minimum atomic E-state index is -4.50. The number of rotatable bonds is 5. The van der Waals surface area contributed by atoms with E-state index in [1.54, 1.807) is 18.2 Å². The van der Waals surface area contributed by atoms with Crippen molar-refractivity contribution in [3.05, 3.63) is 87.9 Å². The lowest BCUT2D eigenvalue weighted by molar-refractivity contribution is -0.137. The molecule has 0 bridgehead atoms. The van der Waals surface area contributed by atoms with Gasteiger partial charge in [-0.2, -0.15) is 13.2 Å². The second-order valence-electron chi connectivity index (χ2n) is 6.41. The van der Waals surface area contributed by atoms with Gasteiger partial charge in [-0.3, -0.25) is 9.59 Å². The van der Waals surface area contributed by atoms with E-state index in [1.807, 2.05) is 0 Å². The third-order valence-electron chi connectivity index (χ3n) is 4.27. The third kappa shape index (κ3) is 5.64. The number of anilines is 2. The Morgan fingerprint density at radius 1 is 0.839 bits per heavy atom. The fourth-order valence-electron chi connectivity index (χ4n) is 2.69. The van der Waals surface area contributed by atoms with Gasteiger partial charge >= 0.3 is 6.18 Å². The standard InChI is InChI=1S/C22H16BrF3N2O3/c1-31-19-10-7-14(11-18(19)23)21(30)27-16-8-5-13(6-9-16)20(29)28-17-4-2-3-15(12-17)22(24,25)26/h2-12H,1H3,(H,27,30)(H,28,29). The van der Waals surface area contributed by atoms with E-state index >= 15 is 0 Å². The van der Waals surface area contributed by atoms with Gasteiger partial charge in [0, 0.05) is 22.5 Å². The fourth-order valence-corrected chi connectivity index (χ4v) is 3.23. The number of carbonyl (C=O) groups is 2. The largest absolute Gasteiger partial charge is 0.496 e. The van der Waals surface area contributed by atoms with Gasteiger partial charge in [0.1, 0.15) is 5.75 Å². The second kappa shape index (κ2) is 9.22. The molecule has 0 saturated heterocycles. The molecule has 0 fully saturated rings. The average Bonchev–Trinajstić information content (AvgIpc) is 2.73. The monoisotopic (exact) mass is 492 g/mol. The van der Waals surface area contributed by atoms with Crippen LogP contribution >= 0.6 is 15.9 Å². The molecule has 9 heteroatoms. The Morgan fingerprint density at radius 2 is 1.45 bits per heavy atom. The van der Waals surface area contributed by atoms with Gasteiger partial charge in [-0.1, -0.05) is 6.07 Å². The van der Waals surface area contributed by atoms with Crippen molar-refractivity contribution in [3.8, 4) is 5.75 Å². The molecule has 31 heavy (non-hydrogen) atoms. The predicted octanol–water partition coefficient (Wildman–Crippen LogP) is 5.98. The Balaban J connectivity index is 1.66. The molecular weight excluding hydrogens is 477 g/mol. The van der Waals surface area contributed by atoms with Crippen molar-refractivity contribution < 1.29 is 27.5 Å². The third-order valence-corrected chi connectivity index (χ3v) is 4.89. The molecule has 5 nitrogen and oxygen atoms in total. The number of benzene rings is 3. The molecule has 3 rings (SSSR count). The zero-order valence-corrected chi connectivity index (χ0v) is 17.7. The van der Waals surface area contributed by atoms with E-state index in [2.05, 4.69) is 26.6 Å². The number of alkyl halides is 3. The highest BCUT2D eigenvalue weighted by molar-refractivity contribution is 9.10. The van der Waals surface area contributed by atoms with Gasteiger partial charge in [0.2, 0.25) is 0 Å². The molecule has 3 aromatic carbocycles. The van der Waals surface area contributed by atoms with Crippen LogP contribution in [0, 0.1) is 0 Å². The Morgan fingerprint density at radius 3 is 2.06 bits per heavy atom. The van der Waals surface area contributed by atoms with Gasteiger partial charge in [0.15, 0.2) is 0 Å². The van der Waals surface area contributed by atoms with Crippen molar-refractivity contribution >= 4 is 39.1 Å². The summed E-state index contributed by atoms with van der Waals surface area (Å²) >= 11 is 3.32. The lowest BCUT2D eigenvalue weighted by Crippen LogP contribution is -2.14. The molecule has 3 aromatic rings. The molecule has 2 amide bonds. The van der Waals surface area contributed by atoms with Crippen molar-refractivity contribution in [1.29, 1.82) is 0 Å². The highest BCUT2D eigenvalue weighted by Crippen LogP contribution is 2.31. The van der Waals surface area contributed by atoms with Crippen LogP contribution in [0.2, 0.25) is 0 Å². The van der Waals surface area contributed by atoms with Crippen LogP contribution in [0.5, 0.6) is 5.75 Å². The number of hydrogen-bond acceptors (Lipinski definition) is 3. The first-order valence-corrected chi connectivity index (χ1v) is 9.70. The molecule has 0 unspecified atom stereocenters. The minimum Gasteiger partial charge on any atom is -0.496 e. The number of nitrogens with one attached hydrogen (secondary N) is 2. The van der Waals surface area contributed by atoms with Gasteiger partial charge in [-0.25, -0.2) is 0 Å². The van der Waals surface area contributed by atoms with Crippen molar-refractivity contribution in [3.63, 3.8) is 0 Å². The summed E-state index contributed by atoms with van der Waals surface area (Å²) in [6, 6.07) is 15.2. The van der Waals surface area contributed by atoms with E-state index in [4.69, 9.17) is 4.74 Å². The highest BCUT2D eigenvalue weighted by Gasteiger charge is 2.30. The molecule has 0 saturated carbocycles. The topological polar surface area (TPSA) is 67.4 Å². The molecule has 0 radical (unpaired) electrons. The maximum atomic E-state index is 12.8. The summed E-state index contributed by atoms with van der Waals surface area (Å²) in [7, 11) is 1.52. The van der Waals surface area contributed by atoms with Gasteiger partial charge in [0.25, 0.3) is 11.8 Å². The normalized spacial score (nSPS) is 11.0. The average molecular weight is 493 g/mol. The summed E-state index contributed by atoms with van der Waals surface area (Å²) in [6.07, 6.45) is -4.50. The maximum absolute atomic E-state index is 12.8. The number of carbonyl (C=O) groups excluding carboxylic acids is 2. The second-order valence-corrected chi connectivity index (χ2v) is 7.27. The van der Waals surface area contributed by atoms with Crippen LogP contribution in [0.25, 0.3) is 0 Å². The maximum Gasteiger partial charge on any atom is 0.416 e. The lowest BCUT2D eigenvalue weighted by atomic mass is 10.1. The Hall–Kier alpha value is -3.33. The fraction of sp³-hybridized carbons (Fsp3) is 0.0909. The molecular formula is C22H16BrF3N2O3. The van der Waals surface area contributed by atoms with Crippen LogP contribution in [0.4, 0.5) is 24.5 Å². The van der Waals surface area contributed by atoms with E-state index in [0.717, 1.165) is 12.1 Å². The number of amides is 2. The van der Waals surface area contributed by atoms with Crippen LogP contribution in [-0.4, -0.2) is 18.9 Å². The van der Waals surface area contributed by atoms with Crippen LogP contribution in [0.15, 0.2) is 71.2 Å². The van der Waals surface area contributed by atoms with Gasteiger partial charge in [0.05, 0.1) is 17.1 Å². The molecule has 160 valence electrons. The number of hydrogen-bond donors (Lipinski definition) is 2. The molecule has 0 spiro atoms. The van der Waals surface area contributed by atoms with Crippen molar-refractivity contribution in [2.24, 2.45) is 0 Å². The summed E-state index contributed by atoms with van der Waals surface area (Å²) in [5.74, 6) is -0.339. The molecule has 0 aliphatic heterocycles. The summed E-state index contributed by atoms with van der Waals surface area (Å²) in [4.78, 5) is 24.7. The summed E-state index contributed by atoms with van der Waals surface area (Å²) in [5, 5.41) is 5.14. The molecule has 0 aromatic heterocycles. The first-order valence-electron chi connectivity index (χ1n) is 8.91. The Bertz CT molecular complexity index is 1120. The van der Waals surface area contributed by atoms with Crippen LogP contribution < -0.4 is 15.4 Å². The van der Waals surface area contributed by atoms with Crippen LogP contribution in [0.1, 0.15) is 26.3 Å². The SMILES string of the molecule is COc1ccc(C(=O)Nc2ccc(C(=O)Nc3cccc(C(F)(F)F)c3)cc2)cc1Br. The molecule has 0 heterocycles. The van der Waals surface area contributed by atoms with E-state index in [9.17, 15) is 22.8 Å². The first kappa shape index (κ1) is 22.4. The predicted molar refractivity (Wildman–Crippen MR) is 114 cm³/mol. The van der Waals surface area contributed by atoms with E-state index in [-0.39, 0.29) is 17.2 Å². The molecule has 2 N–H and O–H groups in total. The van der Waals surface area contributed by atoms with Gasteiger partial charge in [-0.15, -0.1) is 0 Å². The Kier molecular flexibility index (Phi) is 6.65. The summed E-state index contributed by atoms with van der Waals surface area (Å²) < 4.78 is 44.2. The number of halogens is 4. The van der Waals surface area contributed by atoms with Gasteiger partial charge in [-0.05, 0) is 76.6 Å². The number of methoxy groups -OCH3 is 1. The molecule has 0 atom stereocenters. The minimum absolute atomic E-state index is 0.0299. The van der Waals surface area contributed by atoms with Crippen molar-refractivity contribution in [1.82, 2.24) is 0 Å². The number of ether oxygens (including phenoxy) is 1. The molecule has 0 aliphatic rings. The van der Waals surface area contributed by atoms with Crippen LogP contribution in [0.3, 0.4) is 0 Å².